The Kier molecular flexibility index (Phi) is 7.14. The molecule has 3 rings (SSSR count). The zero-order chi connectivity index (χ0) is 23.3. The summed E-state index contributed by atoms with van der Waals surface area (Å²) in [6, 6.07) is 19.7. The first kappa shape index (κ1) is 23.3. The van der Waals surface area contributed by atoms with E-state index in [-0.39, 0.29) is 5.41 Å². The Bertz CT molecular complexity index is 1090. The number of carbonyl (C=O) groups is 2. The van der Waals surface area contributed by atoms with Crippen molar-refractivity contribution in [3.63, 3.8) is 0 Å². The molecule has 0 radical (unpaired) electrons. The molecule has 0 N–H and O–H groups in total. The van der Waals surface area contributed by atoms with Crippen LogP contribution in [0.15, 0.2) is 66.7 Å². The zero-order valence-electron chi connectivity index (χ0n) is 19.4. The Morgan fingerprint density at radius 1 is 0.781 bits per heavy atom. The SMILES string of the molecule is CCCc1c(C(C)(C)C)cc(C)c(OC(=O)c2ccccc2)c1OC(=O)c1ccccc1. The molecule has 0 saturated heterocycles. The van der Waals surface area contributed by atoms with E-state index in [4.69, 9.17) is 9.47 Å². The topological polar surface area (TPSA) is 52.6 Å². The van der Waals surface area contributed by atoms with E-state index in [2.05, 4.69) is 27.7 Å². The van der Waals surface area contributed by atoms with Crippen molar-refractivity contribution in [1.82, 2.24) is 0 Å². The zero-order valence-corrected chi connectivity index (χ0v) is 19.4. The third-order valence-electron chi connectivity index (χ3n) is 5.24. The van der Waals surface area contributed by atoms with Gasteiger partial charge in [-0.3, -0.25) is 0 Å². The molecule has 4 heteroatoms. The monoisotopic (exact) mass is 430 g/mol. The lowest BCUT2D eigenvalue weighted by Gasteiger charge is -2.27. The molecule has 32 heavy (non-hydrogen) atoms. The molecule has 0 unspecified atom stereocenters. The summed E-state index contributed by atoms with van der Waals surface area (Å²) in [5.74, 6) is -0.350. The molecule has 3 aromatic rings. The minimum absolute atomic E-state index is 0.175. The van der Waals surface area contributed by atoms with E-state index in [9.17, 15) is 9.59 Å². The quantitative estimate of drug-likeness (QED) is 0.323. The Hall–Kier alpha value is -3.40. The number of aryl methyl sites for hydroxylation is 1. The summed E-state index contributed by atoms with van der Waals surface area (Å²) >= 11 is 0. The van der Waals surface area contributed by atoms with E-state index in [1.54, 1.807) is 48.5 Å². The molecule has 0 aliphatic carbocycles. The van der Waals surface area contributed by atoms with Gasteiger partial charge in [0, 0.05) is 5.56 Å². The van der Waals surface area contributed by atoms with Gasteiger partial charge >= 0.3 is 11.9 Å². The molecule has 0 saturated carbocycles. The van der Waals surface area contributed by atoms with Gasteiger partial charge in [-0.15, -0.1) is 0 Å². The van der Waals surface area contributed by atoms with Crippen LogP contribution in [0.25, 0.3) is 0 Å². The lowest BCUT2D eigenvalue weighted by Crippen LogP contribution is -2.20. The highest BCUT2D eigenvalue weighted by Crippen LogP contribution is 2.42. The first-order chi connectivity index (χ1) is 15.2. The molecule has 0 aliphatic heterocycles. The largest absolute Gasteiger partial charge is 0.419 e. The Morgan fingerprint density at radius 2 is 1.25 bits per heavy atom. The summed E-state index contributed by atoms with van der Waals surface area (Å²) in [6.07, 6.45) is 1.55. The van der Waals surface area contributed by atoms with Crippen LogP contribution in [0.5, 0.6) is 11.5 Å². The van der Waals surface area contributed by atoms with Crippen molar-refractivity contribution < 1.29 is 19.1 Å². The average Bonchev–Trinajstić information content (AvgIpc) is 2.78. The minimum atomic E-state index is -0.489. The van der Waals surface area contributed by atoms with E-state index in [0.29, 0.717) is 29.0 Å². The lowest BCUT2D eigenvalue weighted by atomic mass is 9.81. The highest BCUT2D eigenvalue weighted by atomic mass is 16.6. The van der Waals surface area contributed by atoms with E-state index in [1.807, 2.05) is 25.1 Å². The van der Waals surface area contributed by atoms with Gasteiger partial charge in [-0.1, -0.05) is 76.6 Å². The highest BCUT2D eigenvalue weighted by Gasteiger charge is 2.28. The molecule has 4 nitrogen and oxygen atoms in total. The normalized spacial score (nSPS) is 11.2. The van der Waals surface area contributed by atoms with Crippen LogP contribution in [-0.2, 0) is 11.8 Å². The molecule has 0 fully saturated rings. The van der Waals surface area contributed by atoms with Crippen LogP contribution in [0.2, 0.25) is 0 Å². The molecule has 166 valence electrons. The number of esters is 2. The molecule has 0 amide bonds. The van der Waals surface area contributed by atoms with Crippen molar-refractivity contribution in [2.75, 3.05) is 0 Å². The van der Waals surface area contributed by atoms with Gasteiger partial charge in [0.15, 0.2) is 11.5 Å². The van der Waals surface area contributed by atoms with Crippen molar-refractivity contribution in [3.05, 3.63) is 94.5 Å². The van der Waals surface area contributed by atoms with Crippen molar-refractivity contribution in [3.8, 4) is 11.5 Å². The number of ether oxygens (including phenoxy) is 2. The van der Waals surface area contributed by atoms with Crippen molar-refractivity contribution in [1.29, 1.82) is 0 Å². The van der Waals surface area contributed by atoms with Crippen molar-refractivity contribution >= 4 is 11.9 Å². The van der Waals surface area contributed by atoms with Gasteiger partial charge in [0.1, 0.15) is 0 Å². The maximum atomic E-state index is 13.0. The Morgan fingerprint density at radius 3 is 1.69 bits per heavy atom. The summed E-state index contributed by atoms with van der Waals surface area (Å²) in [5, 5.41) is 0. The average molecular weight is 431 g/mol. The van der Waals surface area contributed by atoms with Crippen molar-refractivity contribution in [2.24, 2.45) is 0 Å². The Balaban J connectivity index is 2.14. The van der Waals surface area contributed by atoms with Crippen LogP contribution in [0.4, 0.5) is 0 Å². The number of carbonyl (C=O) groups excluding carboxylic acids is 2. The molecular weight excluding hydrogens is 400 g/mol. The van der Waals surface area contributed by atoms with Gasteiger partial charge in [-0.05, 0) is 54.2 Å². The fourth-order valence-electron chi connectivity index (χ4n) is 3.66. The van der Waals surface area contributed by atoms with Gasteiger partial charge in [-0.2, -0.15) is 0 Å². The van der Waals surface area contributed by atoms with Crippen LogP contribution in [0.3, 0.4) is 0 Å². The smallest absolute Gasteiger partial charge is 0.343 e. The summed E-state index contributed by atoms with van der Waals surface area (Å²) in [5.41, 5.74) is 3.41. The Labute approximate surface area is 190 Å². The predicted octanol–water partition coefficient (Wildman–Crippen LogP) is 6.68. The molecule has 0 bridgehead atoms. The summed E-state index contributed by atoms with van der Waals surface area (Å²) < 4.78 is 11.8. The number of hydrogen-bond acceptors (Lipinski definition) is 4. The standard InChI is InChI=1S/C28H30O4/c1-6-13-22-23(28(3,4)5)18-19(2)24(31-26(29)20-14-9-7-10-15-20)25(22)32-27(30)21-16-11-8-12-17-21/h7-12,14-18H,6,13H2,1-5H3. The van der Waals surface area contributed by atoms with Gasteiger partial charge < -0.3 is 9.47 Å². The predicted molar refractivity (Wildman–Crippen MR) is 127 cm³/mol. The molecular formula is C28H30O4. The summed E-state index contributed by atoms with van der Waals surface area (Å²) in [6.45, 7) is 10.3. The van der Waals surface area contributed by atoms with Crippen LogP contribution in [0.1, 0.15) is 71.5 Å². The third-order valence-corrected chi connectivity index (χ3v) is 5.24. The van der Waals surface area contributed by atoms with Crippen LogP contribution < -0.4 is 9.47 Å². The second-order valence-electron chi connectivity index (χ2n) is 8.89. The summed E-state index contributed by atoms with van der Waals surface area (Å²) in [7, 11) is 0. The van der Waals surface area contributed by atoms with E-state index < -0.39 is 11.9 Å². The fraction of sp³-hybridized carbons (Fsp3) is 0.286. The number of hydrogen-bond donors (Lipinski definition) is 0. The van der Waals surface area contributed by atoms with E-state index in [0.717, 1.165) is 23.1 Å². The number of rotatable bonds is 6. The highest BCUT2D eigenvalue weighted by molar-refractivity contribution is 5.93. The maximum Gasteiger partial charge on any atom is 0.343 e. The lowest BCUT2D eigenvalue weighted by molar-refractivity contribution is 0.0679. The molecule has 0 heterocycles. The minimum Gasteiger partial charge on any atom is -0.419 e. The van der Waals surface area contributed by atoms with Gasteiger partial charge in [0.05, 0.1) is 11.1 Å². The van der Waals surface area contributed by atoms with Gasteiger partial charge in [0.2, 0.25) is 0 Å². The van der Waals surface area contributed by atoms with Crippen molar-refractivity contribution in [2.45, 2.75) is 52.9 Å². The molecule has 3 aromatic carbocycles. The number of benzene rings is 3. The third kappa shape index (κ3) is 5.25. The van der Waals surface area contributed by atoms with E-state index >= 15 is 0 Å². The van der Waals surface area contributed by atoms with Crippen LogP contribution in [-0.4, -0.2) is 11.9 Å². The molecule has 0 atom stereocenters. The van der Waals surface area contributed by atoms with E-state index in [1.165, 1.54) is 0 Å². The first-order valence-electron chi connectivity index (χ1n) is 10.9. The van der Waals surface area contributed by atoms with Gasteiger partial charge in [0.25, 0.3) is 0 Å². The van der Waals surface area contributed by atoms with Gasteiger partial charge in [-0.25, -0.2) is 9.59 Å². The van der Waals surface area contributed by atoms with Crippen LogP contribution in [0, 0.1) is 6.92 Å². The second kappa shape index (κ2) is 9.82. The maximum absolute atomic E-state index is 13.0. The first-order valence-corrected chi connectivity index (χ1v) is 10.9. The fourth-order valence-corrected chi connectivity index (χ4v) is 3.66. The second-order valence-corrected chi connectivity index (χ2v) is 8.89. The molecule has 0 spiro atoms. The van der Waals surface area contributed by atoms with Crippen LogP contribution >= 0.6 is 0 Å². The summed E-state index contributed by atoms with van der Waals surface area (Å²) in [4.78, 5) is 25.9. The molecule has 0 aromatic heterocycles. The molecule has 0 aliphatic rings.